The number of halogens is 1. The van der Waals surface area contributed by atoms with Gasteiger partial charge in [-0.25, -0.2) is 0 Å². The first-order valence-electron chi connectivity index (χ1n) is 16.4. The molecule has 1 N–H and O–H groups in total. The minimum Gasteiger partial charge on any atom is -0.401 e. The second-order valence-corrected chi connectivity index (χ2v) is 15.0. The summed E-state index contributed by atoms with van der Waals surface area (Å²) in [5.41, 5.74) is 3.63. The molecule has 246 valence electrons. The fourth-order valence-electron chi connectivity index (χ4n) is 6.42. The Labute approximate surface area is 296 Å². The highest BCUT2D eigenvalue weighted by atomic mass is 35.5. The van der Waals surface area contributed by atoms with Crippen molar-refractivity contribution in [1.29, 1.82) is 0 Å². The summed E-state index contributed by atoms with van der Waals surface area (Å²) in [6.45, 7) is 0.236. The van der Waals surface area contributed by atoms with Gasteiger partial charge in [0.05, 0.1) is 5.75 Å². The smallest absolute Gasteiger partial charge is 0.401 e. The number of hydrogen-bond acceptors (Lipinski definition) is 4. The molecule has 0 saturated carbocycles. The molecule has 0 fully saturated rings. The Morgan fingerprint density at radius 1 is 0.612 bits per heavy atom. The van der Waals surface area contributed by atoms with Gasteiger partial charge >= 0.3 is 7.32 Å². The summed E-state index contributed by atoms with van der Waals surface area (Å²) in [5, 5.41) is 12.0. The normalized spacial score (nSPS) is 12.0. The predicted octanol–water partition coefficient (Wildman–Crippen LogP) is 10.2. The summed E-state index contributed by atoms with van der Waals surface area (Å²) in [4.78, 5) is 15.5. The van der Waals surface area contributed by atoms with Crippen LogP contribution in [-0.2, 0) is 14.2 Å². The number of carbonyl (C=O) groups excluding carboxylic acids is 1. The van der Waals surface area contributed by atoms with Gasteiger partial charge in [0.2, 0.25) is 0 Å². The molecule has 49 heavy (non-hydrogen) atoms. The largest absolute Gasteiger partial charge is 0.647 e. The summed E-state index contributed by atoms with van der Waals surface area (Å²) in [5.74, 6) is -0.104. The second kappa shape index (κ2) is 16.3. The van der Waals surface area contributed by atoms with Crippen LogP contribution in [0.3, 0.4) is 0 Å². The Bertz CT molecular complexity index is 1760. The summed E-state index contributed by atoms with van der Waals surface area (Å²) in [6.07, 6.45) is 1.35. The first-order chi connectivity index (χ1) is 24.0. The maximum absolute atomic E-state index is 13.8. The average Bonchev–Trinajstić information content (AvgIpc) is 3.16. The van der Waals surface area contributed by atoms with E-state index < -0.39 is 23.0 Å². The van der Waals surface area contributed by atoms with Crippen LogP contribution in [0.4, 0.5) is 0 Å². The van der Waals surface area contributed by atoms with Crippen LogP contribution in [0.1, 0.15) is 39.9 Å². The molecule has 0 heterocycles. The quantitative estimate of drug-likeness (QED) is 0.0506. The van der Waals surface area contributed by atoms with Crippen molar-refractivity contribution in [3.8, 4) is 0 Å². The highest BCUT2D eigenvalue weighted by Crippen LogP contribution is 2.63. The topological polar surface area (TPSA) is 55.8 Å². The molecule has 0 aromatic heterocycles. The van der Waals surface area contributed by atoms with E-state index in [-0.39, 0.29) is 18.1 Å². The molecule has 6 aromatic carbocycles. The van der Waals surface area contributed by atoms with Crippen LogP contribution in [0.5, 0.6) is 0 Å². The molecule has 0 aliphatic rings. The molecule has 0 saturated heterocycles. The van der Waals surface area contributed by atoms with Gasteiger partial charge in [-0.1, -0.05) is 149 Å². The van der Waals surface area contributed by atoms with E-state index in [1.807, 2.05) is 78.9 Å². The maximum atomic E-state index is 13.8. The van der Waals surface area contributed by atoms with E-state index in [0.29, 0.717) is 17.0 Å². The van der Waals surface area contributed by atoms with Gasteiger partial charge in [0, 0.05) is 32.4 Å². The van der Waals surface area contributed by atoms with Crippen LogP contribution in [0.15, 0.2) is 186 Å². The van der Waals surface area contributed by atoms with Crippen molar-refractivity contribution in [3.05, 3.63) is 203 Å². The van der Waals surface area contributed by atoms with Crippen molar-refractivity contribution < 1.29 is 18.6 Å². The summed E-state index contributed by atoms with van der Waals surface area (Å²) in [6, 6.07) is 57.7. The van der Waals surface area contributed by atoms with Gasteiger partial charge in [-0.15, -0.1) is 0 Å². The first-order valence-corrected chi connectivity index (χ1v) is 18.5. The lowest BCUT2D eigenvalue weighted by atomic mass is 9.67. The Kier molecular flexibility index (Phi) is 11.5. The van der Waals surface area contributed by atoms with E-state index in [1.165, 1.54) is 16.7 Å². The third-order valence-corrected chi connectivity index (χ3v) is 12.2. The highest BCUT2D eigenvalue weighted by molar-refractivity contribution is 8.31. The number of benzene rings is 6. The molecule has 0 aliphatic heterocycles. The Morgan fingerprint density at radius 3 is 1.45 bits per heavy atom. The van der Waals surface area contributed by atoms with E-state index in [0.717, 1.165) is 16.2 Å². The molecule has 0 spiro atoms. The fraction of sp³-hybridized carbons (Fsp3) is 0.119. The van der Waals surface area contributed by atoms with E-state index in [1.54, 1.807) is 24.3 Å². The Balaban J connectivity index is 1.27. The third-order valence-electron chi connectivity index (χ3n) is 8.75. The van der Waals surface area contributed by atoms with E-state index in [9.17, 15) is 9.82 Å². The molecule has 4 nitrogen and oxygen atoms in total. The lowest BCUT2D eigenvalue weighted by Crippen LogP contribution is -2.31. The average molecular weight is 685 g/mol. The minimum atomic E-state index is -2.56. The van der Waals surface area contributed by atoms with Gasteiger partial charge in [-0.05, 0) is 78.1 Å². The lowest BCUT2D eigenvalue weighted by Gasteiger charge is -2.40. The zero-order chi connectivity index (χ0) is 33.9. The van der Waals surface area contributed by atoms with Crippen molar-refractivity contribution in [2.24, 2.45) is 0 Å². The monoisotopic (exact) mass is 684 g/mol. The standard InChI is InChI=1S/C42H38BClO4S/c44-38-29-27-34(28-30-38)41(45)33-49(39-23-12-4-13-24-39,40-25-14-5-15-26-40)48-43(46)47-32-16-31-42(35-17-6-1-7-18-35,36-19-8-2-9-20-36)37-21-10-3-11-22-37/h1-15,17-30,46H,16,31-33H2. The van der Waals surface area contributed by atoms with Gasteiger partial charge in [0.25, 0.3) is 0 Å². The number of rotatable bonds is 15. The summed E-state index contributed by atoms with van der Waals surface area (Å²) >= 11 is 6.12. The van der Waals surface area contributed by atoms with Gasteiger partial charge in [0.1, 0.15) is 0 Å². The Morgan fingerprint density at radius 2 is 1.02 bits per heavy atom. The second-order valence-electron chi connectivity index (χ2n) is 11.8. The highest BCUT2D eigenvalue weighted by Gasteiger charge is 2.39. The van der Waals surface area contributed by atoms with Crippen molar-refractivity contribution in [2.45, 2.75) is 28.0 Å². The van der Waals surface area contributed by atoms with Gasteiger partial charge in [-0.2, -0.15) is 0 Å². The molecule has 0 aliphatic carbocycles. The maximum Gasteiger partial charge on any atom is 0.647 e. The zero-order valence-corrected chi connectivity index (χ0v) is 28.7. The predicted molar refractivity (Wildman–Crippen MR) is 201 cm³/mol. The third kappa shape index (κ3) is 7.91. The fourth-order valence-corrected chi connectivity index (χ4v) is 9.51. The molecule has 0 unspecified atom stereocenters. The van der Waals surface area contributed by atoms with Crippen molar-refractivity contribution >= 4 is 35.0 Å². The van der Waals surface area contributed by atoms with E-state index in [4.69, 9.17) is 20.4 Å². The summed E-state index contributed by atoms with van der Waals surface area (Å²) in [7, 11) is -4.14. The minimum absolute atomic E-state index is 0.0161. The van der Waals surface area contributed by atoms with E-state index in [2.05, 4.69) is 72.8 Å². The molecule has 6 rings (SSSR count). The molecule has 0 radical (unpaired) electrons. The SMILES string of the molecule is O=C(CS(OB(O)OCCCC(c1ccccc1)(c1ccccc1)c1ccccc1)(c1ccccc1)c1ccccc1)c1ccc(Cl)cc1. The molecular weight excluding hydrogens is 647 g/mol. The van der Waals surface area contributed by atoms with Crippen LogP contribution in [0.2, 0.25) is 5.02 Å². The lowest BCUT2D eigenvalue weighted by molar-refractivity contribution is 0.102. The number of ketones is 1. The molecule has 0 bridgehead atoms. The first kappa shape index (κ1) is 34.4. The molecular formula is C42H38BClO4S. The van der Waals surface area contributed by atoms with Crippen LogP contribution >= 0.6 is 21.9 Å². The molecule has 6 aromatic rings. The van der Waals surface area contributed by atoms with Crippen molar-refractivity contribution in [3.63, 3.8) is 0 Å². The summed E-state index contributed by atoms with van der Waals surface area (Å²) < 4.78 is 12.7. The van der Waals surface area contributed by atoms with Crippen LogP contribution < -0.4 is 0 Å². The molecule has 0 amide bonds. The van der Waals surface area contributed by atoms with Gasteiger partial charge < -0.3 is 13.8 Å². The van der Waals surface area contributed by atoms with Crippen LogP contribution in [-0.4, -0.2) is 30.5 Å². The number of Topliss-reactive ketones (excluding diaryl/α,β-unsaturated/α-hetero) is 1. The van der Waals surface area contributed by atoms with Gasteiger partial charge in [-0.3, -0.25) is 4.79 Å². The zero-order valence-electron chi connectivity index (χ0n) is 27.1. The van der Waals surface area contributed by atoms with E-state index >= 15 is 0 Å². The van der Waals surface area contributed by atoms with Crippen molar-refractivity contribution in [1.82, 2.24) is 0 Å². The van der Waals surface area contributed by atoms with Gasteiger partial charge in [0.15, 0.2) is 5.78 Å². The number of carbonyl (C=O) groups is 1. The van der Waals surface area contributed by atoms with Crippen LogP contribution in [0.25, 0.3) is 0 Å². The number of hydrogen-bond donors (Lipinski definition) is 1. The molecule has 7 heteroatoms. The molecule has 0 atom stereocenters. The van der Waals surface area contributed by atoms with Crippen LogP contribution in [0, 0.1) is 0 Å². The Hall–Kier alpha value is -4.43. The van der Waals surface area contributed by atoms with Crippen molar-refractivity contribution in [2.75, 3.05) is 12.4 Å².